The number of nitrogens with one attached hydrogen (secondary N) is 1. The molecule has 1 N–H and O–H groups in total. The van der Waals surface area contributed by atoms with Crippen LogP contribution >= 0.6 is 0 Å². The number of alkyl halides is 3. The Bertz CT molecular complexity index is 634. The summed E-state index contributed by atoms with van der Waals surface area (Å²) < 4.78 is 39.4. The Kier molecular flexibility index (Phi) is 4.30. The summed E-state index contributed by atoms with van der Waals surface area (Å²) in [5.41, 5.74) is -0.220. The normalized spacial score (nSPS) is 11.4. The van der Waals surface area contributed by atoms with Crippen LogP contribution in [0, 0.1) is 0 Å². The van der Waals surface area contributed by atoms with Crippen molar-refractivity contribution < 1.29 is 18.0 Å². The fourth-order valence-electron chi connectivity index (χ4n) is 1.78. The highest BCUT2D eigenvalue weighted by Gasteiger charge is 2.30. The van der Waals surface area contributed by atoms with E-state index in [-0.39, 0.29) is 12.1 Å². The van der Waals surface area contributed by atoms with Crippen molar-refractivity contribution in [2.75, 3.05) is 0 Å². The second-order valence-corrected chi connectivity index (χ2v) is 4.42. The van der Waals surface area contributed by atoms with Crippen LogP contribution < -0.4 is 5.32 Å². The Labute approximate surface area is 119 Å². The summed E-state index contributed by atoms with van der Waals surface area (Å²) >= 11 is 0. The van der Waals surface area contributed by atoms with Crippen LogP contribution in [0.4, 0.5) is 13.2 Å². The molecule has 1 heterocycles. The van der Waals surface area contributed by atoms with Gasteiger partial charge in [0.25, 0.3) is 5.91 Å². The fraction of sp³-hybridized carbons (Fsp3) is 0.286. The van der Waals surface area contributed by atoms with Crippen LogP contribution in [-0.4, -0.2) is 15.7 Å². The van der Waals surface area contributed by atoms with E-state index in [9.17, 15) is 18.0 Å². The third kappa shape index (κ3) is 3.84. The van der Waals surface area contributed by atoms with Crippen molar-refractivity contribution in [3.8, 4) is 0 Å². The number of carbonyl (C=O) groups excluding carboxylic acids is 1. The van der Waals surface area contributed by atoms with Crippen molar-refractivity contribution in [1.82, 2.24) is 15.1 Å². The minimum atomic E-state index is -4.46. The van der Waals surface area contributed by atoms with Gasteiger partial charge in [0.05, 0.1) is 17.8 Å². The van der Waals surface area contributed by atoms with Gasteiger partial charge in [0.2, 0.25) is 0 Å². The quantitative estimate of drug-likeness (QED) is 0.943. The minimum absolute atomic E-state index is 0.0280. The smallest absolute Gasteiger partial charge is 0.346 e. The Balaban J connectivity index is 2.03. The molecule has 0 saturated carbocycles. The molecule has 0 bridgehead atoms. The lowest BCUT2D eigenvalue weighted by atomic mass is 10.1. The van der Waals surface area contributed by atoms with Crippen LogP contribution in [0.25, 0.3) is 0 Å². The maximum Gasteiger partial charge on any atom is 0.416 e. The van der Waals surface area contributed by atoms with E-state index in [1.54, 1.807) is 16.9 Å². The maximum absolute atomic E-state index is 12.6. The number of rotatable bonds is 4. The van der Waals surface area contributed by atoms with Crippen molar-refractivity contribution >= 4 is 5.91 Å². The first kappa shape index (κ1) is 15.1. The van der Waals surface area contributed by atoms with E-state index < -0.39 is 17.6 Å². The molecular weight excluding hydrogens is 283 g/mol. The van der Waals surface area contributed by atoms with Crippen LogP contribution in [-0.2, 0) is 19.3 Å². The summed E-state index contributed by atoms with van der Waals surface area (Å²) in [7, 11) is 0. The summed E-state index contributed by atoms with van der Waals surface area (Å²) in [6.07, 6.45) is -2.69. The number of halogens is 3. The first-order valence-corrected chi connectivity index (χ1v) is 6.38. The second kappa shape index (κ2) is 5.99. The summed E-state index contributed by atoms with van der Waals surface area (Å²) in [6, 6.07) is 6.06. The van der Waals surface area contributed by atoms with Crippen molar-refractivity contribution in [1.29, 1.82) is 0 Å². The minimum Gasteiger partial charge on any atom is -0.346 e. The lowest BCUT2D eigenvalue weighted by Crippen LogP contribution is -2.23. The molecule has 1 aromatic carbocycles. The molecule has 0 aliphatic heterocycles. The molecule has 4 nitrogen and oxygen atoms in total. The van der Waals surface area contributed by atoms with Gasteiger partial charge in [-0.15, -0.1) is 0 Å². The molecule has 0 fully saturated rings. The van der Waals surface area contributed by atoms with E-state index >= 15 is 0 Å². The van der Waals surface area contributed by atoms with Gasteiger partial charge in [0.15, 0.2) is 0 Å². The van der Waals surface area contributed by atoms with Gasteiger partial charge in [0, 0.05) is 18.3 Å². The fourth-order valence-corrected chi connectivity index (χ4v) is 1.78. The molecule has 0 saturated heterocycles. The molecular formula is C14H14F3N3O. The summed E-state index contributed by atoms with van der Waals surface area (Å²) in [5, 5.41) is 6.72. The Morgan fingerprint density at radius 3 is 2.71 bits per heavy atom. The SMILES string of the molecule is CCn1ccc(CNC(=O)c2cccc(C(F)(F)F)c2)n1. The van der Waals surface area contributed by atoms with Crippen molar-refractivity contribution in [3.05, 3.63) is 53.3 Å². The van der Waals surface area contributed by atoms with Gasteiger partial charge in [-0.2, -0.15) is 18.3 Å². The summed E-state index contributed by atoms with van der Waals surface area (Å²) in [6.45, 7) is 2.81. The zero-order valence-corrected chi connectivity index (χ0v) is 11.3. The van der Waals surface area contributed by atoms with E-state index in [1.165, 1.54) is 12.1 Å². The van der Waals surface area contributed by atoms with Gasteiger partial charge < -0.3 is 5.32 Å². The molecule has 0 radical (unpaired) electrons. The largest absolute Gasteiger partial charge is 0.416 e. The van der Waals surface area contributed by atoms with E-state index in [1.807, 2.05) is 6.92 Å². The highest BCUT2D eigenvalue weighted by Crippen LogP contribution is 2.29. The highest BCUT2D eigenvalue weighted by atomic mass is 19.4. The zero-order valence-electron chi connectivity index (χ0n) is 11.3. The van der Waals surface area contributed by atoms with Crippen LogP contribution in [0.5, 0.6) is 0 Å². The molecule has 7 heteroatoms. The third-order valence-corrected chi connectivity index (χ3v) is 2.90. The van der Waals surface area contributed by atoms with Gasteiger partial charge in [-0.25, -0.2) is 0 Å². The van der Waals surface area contributed by atoms with E-state index in [0.717, 1.165) is 12.1 Å². The number of hydrogen-bond donors (Lipinski definition) is 1. The lowest BCUT2D eigenvalue weighted by molar-refractivity contribution is -0.137. The van der Waals surface area contributed by atoms with Crippen molar-refractivity contribution in [3.63, 3.8) is 0 Å². The van der Waals surface area contributed by atoms with Gasteiger partial charge in [-0.1, -0.05) is 6.07 Å². The molecule has 2 aromatic rings. The number of aryl methyl sites for hydroxylation is 1. The lowest BCUT2D eigenvalue weighted by Gasteiger charge is -2.08. The molecule has 1 aromatic heterocycles. The van der Waals surface area contributed by atoms with Crippen molar-refractivity contribution in [2.24, 2.45) is 0 Å². The molecule has 2 rings (SSSR count). The Morgan fingerprint density at radius 1 is 1.33 bits per heavy atom. The molecule has 0 aliphatic rings. The molecule has 1 amide bonds. The van der Waals surface area contributed by atoms with Crippen LogP contribution in [0.3, 0.4) is 0 Å². The first-order chi connectivity index (χ1) is 9.90. The van der Waals surface area contributed by atoms with Crippen molar-refractivity contribution in [2.45, 2.75) is 26.2 Å². The molecule has 0 aliphatic carbocycles. The Hall–Kier alpha value is -2.31. The molecule has 0 atom stereocenters. The number of nitrogens with zero attached hydrogens (tertiary/aromatic N) is 2. The highest BCUT2D eigenvalue weighted by molar-refractivity contribution is 5.94. The van der Waals surface area contributed by atoms with Gasteiger partial charge >= 0.3 is 6.18 Å². The number of benzene rings is 1. The maximum atomic E-state index is 12.6. The molecule has 112 valence electrons. The zero-order chi connectivity index (χ0) is 15.5. The number of hydrogen-bond acceptors (Lipinski definition) is 2. The molecule has 0 spiro atoms. The van der Waals surface area contributed by atoms with Crippen LogP contribution in [0.15, 0.2) is 36.5 Å². The third-order valence-electron chi connectivity index (χ3n) is 2.90. The summed E-state index contributed by atoms with van der Waals surface area (Å²) in [4.78, 5) is 11.9. The van der Waals surface area contributed by atoms with Crippen LogP contribution in [0.1, 0.15) is 28.5 Å². The van der Waals surface area contributed by atoms with Crippen LogP contribution in [0.2, 0.25) is 0 Å². The van der Waals surface area contributed by atoms with Gasteiger partial charge in [-0.3, -0.25) is 9.48 Å². The van der Waals surface area contributed by atoms with E-state index in [2.05, 4.69) is 10.4 Å². The number of carbonyl (C=O) groups is 1. The monoisotopic (exact) mass is 297 g/mol. The van der Waals surface area contributed by atoms with Gasteiger partial charge in [-0.05, 0) is 31.2 Å². The summed E-state index contributed by atoms with van der Waals surface area (Å²) in [5.74, 6) is -0.563. The second-order valence-electron chi connectivity index (χ2n) is 4.42. The van der Waals surface area contributed by atoms with E-state index in [0.29, 0.717) is 12.2 Å². The Morgan fingerprint density at radius 2 is 2.10 bits per heavy atom. The van der Waals surface area contributed by atoms with Gasteiger partial charge in [0.1, 0.15) is 0 Å². The topological polar surface area (TPSA) is 46.9 Å². The standard InChI is InChI=1S/C14H14F3N3O/c1-2-20-7-6-12(19-20)9-18-13(21)10-4-3-5-11(8-10)14(15,16)17/h3-8H,2,9H2,1H3,(H,18,21). The average Bonchev–Trinajstić information content (AvgIpc) is 2.92. The molecule has 21 heavy (non-hydrogen) atoms. The van der Waals surface area contributed by atoms with E-state index in [4.69, 9.17) is 0 Å². The predicted molar refractivity (Wildman–Crippen MR) is 70.5 cm³/mol. The number of amides is 1. The first-order valence-electron chi connectivity index (χ1n) is 6.38. The average molecular weight is 297 g/mol. The predicted octanol–water partition coefficient (Wildman–Crippen LogP) is 2.85. The molecule has 0 unspecified atom stereocenters. The number of aromatic nitrogens is 2.